The fraction of sp³-hybridized carbons (Fsp3) is 0.600. The Hall–Kier alpha value is -2.54. The lowest BCUT2D eigenvalue weighted by Crippen LogP contribution is -2.33. The van der Waals surface area contributed by atoms with Gasteiger partial charge in [-0.25, -0.2) is 4.79 Å². The molecule has 0 amide bonds. The summed E-state index contributed by atoms with van der Waals surface area (Å²) in [6.07, 6.45) is 7.48. The van der Waals surface area contributed by atoms with Crippen molar-refractivity contribution in [2.24, 2.45) is 0 Å². The van der Waals surface area contributed by atoms with Gasteiger partial charge in [-0.3, -0.25) is 9.69 Å². The molecule has 3 rings (SSSR count). The van der Waals surface area contributed by atoms with Gasteiger partial charge in [0.15, 0.2) is 0 Å². The van der Waals surface area contributed by atoms with Crippen LogP contribution in [0.4, 0.5) is 5.69 Å². The van der Waals surface area contributed by atoms with Gasteiger partial charge in [0.1, 0.15) is 19.0 Å². The zero-order valence-corrected chi connectivity index (χ0v) is 19.8. The second kappa shape index (κ2) is 11.4. The van der Waals surface area contributed by atoms with Crippen molar-refractivity contribution in [2.75, 3.05) is 45.7 Å². The average Bonchev–Trinajstić information content (AvgIpc) is 3.19. The minimum Gasteiger partial charge on any atom is -0.496 e. The zero-order chi connectivity index (χ0) is 23.1. The third kappa shape index (κ3) is 5.63. The number of cyclic esters (lactones) is 1. The second-order valence-electron chi connectivity index (χ2n) is 8.57. The van der Waals surface area contributed by atoms with Gasteiger partial charge in [-0.15, -0.1) is 0 Å². The smallest absolute Gasteiger partial charge is 0.341 e. The van der Waals surface area contributed by atoms with Crippen LogP contribution in [0, 0.1) is 6.92 Å². The van der Waals surface area contributed by atoms with E-state index in [2.05, 4.69) is 16.3 Å². The zero-order valence-electron chi connectivity index (χ0n) is 19.8. The minimum atomic E-state index is -0.302. The van der Waals surface area contributed by atoms with E-state index < -0.39 is 0 Å². The first-order valence-corrected chi connectivity index (χ1v) is 11.6. The van der Waals surface area contributed by atoms with Crippen LogP contribution in [0.1, 0.15) is 66.1 Å². The number of ether oxygens (including phenoxy) is 3. The number of rotatable bonds is 10. The molecule has 2 aliphatic heterocycles. The van der Waals surface area contributed by atoms with E-state index in [-0.39, 0.29) is 18.5 Å². The summed E-state index contributed by atoms with van der Waals surface area (Å²) in [5, 5.41) is 3.16. The van der Waals surface area contributed by atoms with Crippen LogP contribution >= 0.6 is 0 Å². The van der Waals surface area contributed by atoms with Crippen molar-refractivity contribution in [3.05, 3.63) is 33.9 Å². The van der Waals surface area contributed by atoms with Gasteiger partial charge in [0.25, 0.3) is 0 Å². The van der Waals surface area contributed by atoms with Gasteiger partial charge >= 0.3 is 11.9 Å². The number of hydrogen-bond acceptors (Lipinski definition) is 7. The van der Waals surface area contributed by atoms with Gasteiger partial charge in [0.2, 0.25) is 0 Å². The van der Waals surface area contributed by atoms with Crippen molar-refractivity contribution < 1.29 is 23.8 Å². The third-order valence-electron chi connectivity index (χ3n) is 6.42. The molecule has 0 aliphatic carbocycles. The molecular formula is C25H36N2O5. The Morgan fingerprint density at radius 3 is 2.66 bits per heavy atom. The maximum absolute atomic E-state index is 12.3. The number of hydrogen-bond donors (Lipinski definition) is 1. The fourth-order valence-corrected chi connectivity index (χ4v) is 4.55. The van der Waals surface area contributed by atoms with Crippen LogP contribution in [0.3, 0.4) is 0 Å². The molecule has 7 heteroatoms. The molecule has 0 aromatic heterocycles. The van der Waals surface area contributed by atoms with E-state index in [1.54, 1.807) is 14.2 Å². The van der Waals surface area contributed by atoms with Crippen LogP contribution < -0.4 is 10.1 Å². The molecule has 0 unspecified atom stereocenters. The molecule has 176 valence electrons. The summed E-state index contributed by atoms with van der Waals surface area (Å²) in [4.78, 5) is 26.8. The number of carbonyl (C=O) groups excluding carboxylic acids is 2. The van der Waals surface area contributed by atoms with Crippen LogP contribution in [0.25, 0.3) is 0 Å². The van der Waals surface area contributed by atoms with Gasteiger partial charge in [-0.1, -0.05) is 18.1 Å². The Morgan fingerprint density at radius 1 is 1.22 bits per heavy atom. The summed E-state index contributed by atoms with van der Waals surface area (Å²) in [6, 6.07) is 0. The van der Waals surface area contributed by atoms with Crippen LogP contribution in [-0.4, -0.2) is 57.2 Å². The number of anilines is 1. The lowest BCUT2D eigenvalue weighted by atomic mass is 9.93. The molecule has 1 N–H and O–H groups in total. The number of benzene rings is 1. The molecule has 1 aromatic carbocycles. The van der Waals surface area contributed by atoms with Crippen molar-refractivity contribution >= 4 is 17.6 Å². The summed E-state index contributed by atoms with van der Waals surface area (Å²) in [5.41, 5.74) is 5.20. The van der Waals surface area contributed by atoms with Crippen molar-refractivity contribution in [3.63, 3.8) is 0 Å². The number of methoxy groups -OCH3 is 1. The average molecular weight is 445 g/mol. The molecule has 2 aliphatic rings. The van der Waals surface area contributed by atoms with Gasteiger partial charge in [-0.2, -0.15) is 0 Å². The maximum Gasteiger partial charge on any atom is 0.341 e. The van der Waals surface area contributed by atoms with Crippen molar-refractivity contribution in [1.82, 2.24) is 4.90 Å². The topological polar surface area (TPSA) is 77.1 Å². The molecule has 7 nitrogen and oxygen atoms in total. The highest BCUT2D eigenvalue weighted by molar-refractivity contribution is 6.01. The SMILES string of the molecule is CNc1c(CC=C(C)CCC(=O)OCCN2CCCCC2)c(OC)c(C)c2c1C(=O)OC2. The fourth-order valence-electron chi connectivity index (χ4n) is 4.55. The maximum atomic E-state index is 12.3. The monoisotopic (exact) mass is 444 g/mol. The summed E-state index contributed by atoms with van der Waals surface area (Å²) >= 11 is 0. The molecule has 32 heavy (non-hydrogen) atoms. The second-order valence-corrected chi connectivity index (χ2v) is 8.57. The van der Waals surface area contributed by atoms with E-state index in [0.717, 1.165) is 53.3 Å². The van der Waals surface area contributed by atoms with Crippen LogP contribution in [0.2, 0.25) is 0 Å². The predicted molar refractivity (Wildman–Crippen MR) is 124 cm³/mol. The molecule has 0 atom stereocenters. The first kappa shape index (κ1) is 24.1. The molecular weight excluding hydrogens is 408 g/mol. The number of nitrogens with zero attached hydrogens (tertiary/aromatic N) is 1. The van der Waals surface area contributed by atoms with Crippen LogP contribution in [0.15, 0.2) is 11.6 Å². The number of likely N-dealkylation sites (tertiary alicyclic amines) is 1. The number of nitrogens with one attached hydrogen (secondary N) is 1. The molecule has 1 saturated heterocycles. The first-order valence-electron chi connectivity index (χ1n) is 11.6. The quantitative estimate of drug-likeness (QED) is 0.431. The van der Waals surface area contributed by atoms with E-state index in [1.807, 2.05) is 13.8 Å². The largest absolute Gasteiger partial charge is 0.496 e. The van der Waals surface area contributed by atoms with Gasteiger partial charge in [0.05, 0.1) is 18.4 Å². The van der Waals surface area contributed by atoms with Gasteiger partial charge in [0, 0.05) is 31.1 Å². The van der Waals surface area contributed by atoms with Crippen molar-refractivity contribution in [1.29, 1.82) is 0 Å². The molecule has 0 spiro atoms. The number of carbonyl (C=O) groups is 2. The lowest BCUT2D eigenvalue weighted by molar-refractivity contribution is -0.144. The van der Waals surface area contributed by atoms with E-state index in [9.17, 15) is 9.59 Å². The Kier molecular flexibility index (Phi) is 8.56. The van der Waals surface area contributed by atoms with Crippen molar-refractivity contribution in [2.45, 2.75) is 59.0 Å². The summed E-state index contributed by atoms with van der Waals surface area (Å²) in [5.74, 6) is 0.316. The summed E-state index contributed by atoms with van der Waals surface area (Å²) in [6.45, 7) is 7.76. The van der Waals surface area contributed by atoms with Crippen molar-refractivity contribution in [3.8, 4) is 5.75 Å². The van der Waals surface area contributed by atoms with E-state index in [4.69, 9.17) is 14.2 Å². The third-order valence-corrected chi connectivity index (χ3v) is 6.42. The van der Waals surface area contributed by atoms with E-state index >= 15 is 0 Å². The summed E-state index contributed by atoms with van der Waals surface area (Å²) < 4.78 is 16.4. The number of esters is 2. The Balaban J connectivity index is 1.57. The minimum absolute atomic E-state index is 0.153. The molecule has 1 fully saturated rings. The molecule has 1 aromatic rings. The van der Waals surface area contributed by atoms with Gasteiger partial charge in [-0.05, 0) is 58.2 Å². The molecule has 2 heterocycles. The number of piperidine rings is 1. The standard InChI is InChI=1S/C25H36N2O5/c1-17(9-11-21(28)31-15-14-27-12-6-5-7-13-27)8-10-19-23(26-3)22-20(16-32-25(22)29)18(2)24(19)30-4/h8,26H,5-7,9-16H2,1-4H3. The number of fused-ring (bicyclic) bond motifs is 1. The lowest BCUT2D eigenvalue weighted by Gasteiger charge is -2.25. The molecule has 0 bridgehead atoms. The highest BCUT2D eigenvalue weighted by atomic mass is 16.5. The highest BCUT2D eigenvalue weighted by Crippen LogP contribution is 2.41. The Labute approximate surface area is 191 Å². The normalized spacial score (nSPS) is 16.5. The predicted octanol–water partition coefficient (Wildman–Crippen LogP) is 4.01. The molecule has 0 saturated carbocycles. The number of allylic oxidation sites excluding steroid dienone is 2. The Bertz CT molecular complexity index is 872. The van der Waals surface area contributed by atoms with Gasteiger partial charge < -0.3 is 19.5 Å². The van der Waals surface area contributed by atoms with E-state index in [1.165, 1.54) is 19.3 Å². The highest BCUT2D eigenvalue weighted by Gasteiger charge is 2.31. The Morgan fingerprint density at radius 2 is 1.97 bits per heavy atom. The summed E-state index contributed by atoms with van der Waals surface area (Å²) in [7, 11) is 3.45. The molecule has 0 radical (unpaired) electrons. The first-order chi connectivity index (χ1) is 15.5. The van der Waals surface area contributed by atoms with E-state index in [0.29, 0.717) is 31.4 Å². The van der Waals surface area contributed by atoms with Crippen LogP contribution in [-0.2, 0) is 27.3 Å². The van der Waals surface area contributed by atoms with Crippen LogP contribution in [0.5, 0.6) is 5.75 Å².